The van der Waals surface area contributed by atoms with Crippen molar-refractivity contribution >= 4 is 34.4 Å². The van der Waals surface area contributed by atoms with E-state index in [2.05, 4.69) is 27.1 Å². The highest BCUT2D eigenvalue weighted by atomic mass is 32.2. The minimum atomic E-state index is -0.545. The van der Waals surface area contributed by atoms with Crippen LogP contribution in [-0.2, 0) is 9.59 Å². The molecule has 2 aromatic carbocycles. The van der Waals surface area contributed by atoms with Crippen molar-refractivity contribution in [3.05, 3.63) is 66.9 Å². The minimum absolute atomic E-state index is 0.0170. The number of carbonyl (C=O) groups excluding carboxylic acids is 2. The van der Waals surface area contributed by atoms with Gasteiger partial charge in [0.15, 0.2) is 0 Å². The largest absolute Gasteiger partial charge is 0.457 e. The average Bonchev–Trinajstić information content (AvgIpc) is 2.65. The maximum atomic E-state index is 12.0. The number of aliphatic imine (C=N–C) groups is 1. The SMILES string of the molecule is C=C1N=NC(SCC(=O)Nc2ccc(Oc3ccccc3)cc2)=NC1=O. The van der Waals surface area contributed by atoms with Crippen LogP contribution >= 0.6 is 11.8 Å². The number of amidine groups is 1. The van der Waals surface area contributed by atoms with Crippen molar-refractivity contribution in [2.24, 2.45) is 15.2 Å². The first-order valence-electron chi connectivity index (χ1n) is 7.59. The summed E-state index contributed by atoms with van der Waals surface area (Å²) >= 11 is 1.03. The first-order valence-corrected chi connectivity index (χ1v) is 8.58. The maximum Gasteiger partial charge on any atom is 0.299 e. The third kappa shape index (κ3) is 4.87. The van der Waals surface area contributed by atoms with Gasteiger partial charge in [0, 0.05) is 5.69 Å². The fourth-order valence-corrected chi connectivity index (χ4v) is 2.52. The smallest absolute Gasteiger partial charge is 0.299 e. The first kappa shape index (κ1) is 17.6. The molecule has 3 rings (SSSR count). The van der Waals surface area contributed by atoms with Crippen molar-refractivity contribution in [3.8, 4) is 11.5 Å². The molecule has 2 aromatic rings. The van der Waals surface area contributed by atoms with Gasteiger partial charge in [-0.2, -0.15) is 4.99 Å². The van der Waals surface area contributed by atoms with E-state index in [1.807, 2.05) is 30.3 Å². The number of nitrogens with zero attached hydrogens (tertiary/aromatic N) is 3. The van der Waals surface area contributed by atoms with Crippen LogP contribution in [-0.4, -0.2) is 22.7 Å². The lowest BCUT2D eigenvalue weighted by Gasteiger charge is -2.08. The Morgan fingerprint density at radius 3 is 2.42 bits per heavy atom. The molecule has 0 aliphatic carbocycles. The second-order valence-corrected chi connectivity index (χ2v) is 6.07. The summed E-state index contributed by atoms with van der Waals surface area (Å²) in [6.07, 6.45) is 0. The highest BCUT2D eigenvalue weighted by Crippen LogP contribution is 2.23. The topological polar surface area (TPSA) is 92.5 Å². The number of amides is 2. The van der Waals surface area contributed by atoms with E-state index in [1.165, 1.54) is 0 Å². The third-order valence-corrected chi connectivity index (χ3v) is 3.99. The van der Waals surface area contributed by atoms with Crippen LogP contribution in [0, 0.1) is 0 Å². The number of benzene rings is 2. The maximum absolute atomic E-state index is 12.0. The van der Waals surface area contributed by atoms with Crippen LogP contribution in [0.2, 0.25) is 0 Å². The Morgan fingerprint density at radius 2 is 1.73 bits per heavy atom. The highest BCUT2D eigenvalue weighted by molar-refractivity contribution is 8.14. The predicted molar refractivity (Wildman–Crippen MR) is 100 cm³/mol. The predicted octanol–water partition coefficient (Wildman–Crippen LogP) is 4.01. The van der Waals surface area contributed by atoms with Crippen LogP contribution in [0.4, 0.5) is 5.69 Å². The van der Waals surface area contributed by atoms with Crippen LogP contribution in [0.15, 0.2) is 82.1 Å². The van der Waals surface area contributed by atoms with Gasteiger partial charge in [-0.3, -0.25) is 9.59 Å². The second kappa shape index (κ2) is 8.21. The van der Waals surface area contributed by atoms with Crippen molar-refractivity contribution in [3.63, 3.8) is 0 Å². The Kier molecular flexibility index (Phi) is 5.55. The molecule has 26 heavy (non-hydrogen) atoms. The van der Waals surface area contributed by atoms with Crippen LogP contribution < -0.4 is 10.1 Å². The quantitative estimate of drug-likeness (QED) is 0.809. The van der Waals surface area contributed by atoms with E-state index < -0.39 is 5.91 Å². The molecule has 0 radical (unpaired) electrons. The summed E-state index contributed by atoms with van der Waals surface area (Å²) in [5, 5.41) is 10.2. The summed E-state index contributed by atoms with van der Waals surface area (Å²) in [5.41, 5.74) is 0.615. The molecule has 7 nitrogen and oxygen atoms in total. The number of rotatable bonds is 5. The van der Waals surface area contributed by atoms with Gasteiger partial charge in [-0.15, -0.1) is 10.2 Å². The molecule has 1 aliphatic heterocycles. The fourth-order valence-electron chi connectivity index (χ4n) is 1.94. The van der Waals surface area contributed by atoms with Crippen LogP contribution in [0.3, 0.4) is 0 Å². The van der Waals surface area contributed by atoms with Gasteiger partial charge in [0.25, 0.3) is 5.91 Å². The molecule has 2 amide bonds. The molecule has 0 saturated carbocycles. The summed E-state index contributed by atoms with van der Waals surface area (Å²) in [6, 6.07) is 16.4. The number of azo groups is 1. The van der Waals surface area contributed by atoms with E-state index in [0.29, 0.717) is 11.4 Å². The first-order chi connectivity index (χ1) is 12.6. The van der Waals surface area contributed by atoms with E-state index in [9.17, 15) is 9.59 Å². The number of anilines is 1. The fraction of sp³-hybridized carbons (Fsp3) is 0.0556. The molecule has 0 bridgehead atoms. The third-order valence-electron chi connectivity index (χ3n) is 3.15. The van der Waals surface area contributed by atoms with Crippen LogP contribution in [0.1, 0.15) is 0 Å². The van der Waals surface area contributed by atoms with Gasteiger partial charge in [-0.05, 0) is 36.4 Å². The van der Waals surface area contributed by atoms with Crippen LogP contribution in [0.5, 0.6) is 11.5 Å². The standard InChI is InChI=1S/C18H14N4O3S/c1-12-17(24)20-18(22-21-12)26-11-16(23)19-13-7-9-15(10-8-13)25-14-5-3-2-4-6-14/h2-10H,1,11H2,(H,19,23). The van der Waals surface area contributed by atoms with Gasteiger partial charge < -0.3 is 10.1 Å². The molecular formula is C18H14N4O3S. The molecule has 0 aromatic heterocycles. The summed E-state index contributed by atoms with van der Waals surface area (Å²) in [7, 11) is 0. The number of para-hydroxylation sites is 1. The van der Waals surface area contributed by atoms with Crippen molar-refractivity contribution in [1.82, 2.24) is 0 Å². The molecule has 8 heteroatoms. The zero-order valence-electron chi connectivity index (χ0n) is 13.6. The number of nitrogens with one attached hydrogen (secondary N) is 1. The number of hydrogen-bond donors (Lipinski definition) is 1. The Bertz CT molecular complexity index is 892. The Balaban J connectivity index is 1.50. The molecule has 0 unspecified atom stereocenters. The van der Waals surface area contributed by atoms with Gasteiger partial charge in [0.2, 0.25) is 11.1 Å². The van der Waals surface area contributed by atoms with Crippen molar-refractivity contribution < 1.29 is 14.3 Å². The molecule has 130 valence electrons. The Morgan fingerprint density at radius 1 is 1.04 bits per heavy atom. The lowest BCUT2D eigenvalue weighted by molar-refractivity contribution is -0.115. The monoisotopic (exact) mass is 366 g/mol. The Labute approximate surface area is 153 Å². The molecule has 0 fully saturated rings. The number of hydrogen-bond acceptors (Lipinski definition) is 6. The van der Waals surface area contributed by atoms with Gasteiger partial charge in [0.1, 0.15) is 17.2 Å². The lowest BCUT2D eigenvalue weighted by atomic mass is 10.3. The van der Waals surface area contributed by atoms with E-state index in [-0.39, 0.29) is 22.5 Å². The van der Waals surface area contributed by atoms with E-state index in [4.69, 9.17) is 4.74 Å². The second-order valence-electron chi connectivity index (χ2n) is 5.12. The summed E-state index contributed by atoms with van der Waals surface area (Å²) in [4.78, 5) is 27.0. The lowest BCUT2D eigenvalue weighted by Crippen LogP contribution is -2.15. The summed E-state index contributed by atoms with van der Waals surface area (Å²) < 4.78 is 5.69. The van der Waals surface area contributed by atoms with Gasteiger partial charge in [-0.25, -0.2) is 0 Å². The Hall–Kier alpha value is -3.26. The average molecular weight is 366 g/mol. The molecule has 1 heterocycles. The van der Waals surface area contributed by atoms with Gasteiger partial charge in [0.05, 0.1) is 5.75 Å². The summed E-state index contributed by atoms with van der Waals surface area (Å²) in [5.74, 6) is 0.665. The minimum Gasteiger partial charge on any atom is -0.457 e. The normalized spacial score (nSPS) is 13.3. The molecule has 0 spiro atoms. The van der Waals surface area contributed by atoms with E-state index in [0.717, 1.165) is 17.5 Å². The number of thioether (sulfide) groups is 1. The molecule has 1 N–H and O–H groups in total. The van der Waals surface area contributed by atoms with Crippen molar-refractivity contribution in [2.75, 3.05) is 11.1 Å². The summed E-state index contributed by atoms with van der Waals surface area (Å²) in [6.45, 7) is 3.40. The van der Waals surface area contributed by atoms with Gasteiger partial charge >= 0.3 is 0 Å². The van der Waals surface area contributed by atoms with Crippen molar-refractivity contribution in [1.29, 1.82) is 0 Å². The molecule has 1 aliphatic rings. The molecule has 0 atom stereocenters. The van der Waals surface area contributed by atoms with E-state index >= 15 is 0 Å². The molecule has 0 saturated heterocycles. The van der Waals surface area contributed by atoms with Crippen LogP contribution in [0.25, 0.3) is 0 Å². The van der Waals surface area contributed by atoms with E-state index in [1.54, 1.807) is 24.3 Å². The zero-order chi connectivity index (χ0) is 18.4. The molecular weight excluding hydrogens is 352 g/mol. The van der Waals surface area contributed by atoms with Gasteiger partial charge in [-0.1, -0.05) is 36.5 Å². The number of carbonyl (C=O) groups is 2. The highest BCUT2D eigenvalue weighted by Gasteiger charge is 2.14. The zero-order valence-corrected chi connectivity index (χ0v) is 14.4. The number of ether oxygens (including phenoxy) is 1. The van der Waals surface area contributed by atoms with Crippen molar-refractivity contribution in [2.45, 2.75) is 0 Å².